The summed E-state index contributed by atoms with van der Waals surface area (Å²) in [6.45, 7) is 6.86. The number of methoxy groups -OCH3 is 1. The molecular weight excluding hydrogens is 210 g/mol. The van der Waals surface area contributed by atoms with Gasteiger partial charge in [-0.05, 0) is 42.0 Å². The molecule has 2 rings (SSSR count). The van der Waals surface area contributed by atoms with Crippen LogP contribution in [0.2, 0.25) is 0 Å². The second-order valence-corrected chi connectivity index (χ2v) is 5.15. The van der Waals surface area contributed by atoms with Crippen molar-refractivity contribution in [2.45, 2.75) is 27.2 Å². The molecule has 1 N–H and O–H groups in total. The fraction of sp³-hybridized carbons (Fsp3) is 0.467. The van der Waals surface area contributed by atoms with Crippen LogP contribution in [-0.4, -0.2) is 12.1 Å². The highest BCUT2D eigenvalue weighted by atomic mass is 16.5. The van der Waals surface area contributed by atoms with E-state index in [2.05, 4.69) is 44.1 Å². The molecule has 0 aliphatic carbocycles. The molecule has 1 aromatic carbocycles. The van der Waals surface area contributed by atoms with E-state index in [1.165, 1.54) is 16.5 Å². The van der Waals surface area contributed by atoms with Gasteiger partial charge in [-0.15, -0.1) is 0 Å². The van der Waals surface area contributed by atoms with Gasteiger partial charge in [0.15, 0.2) is 0 Å². The number of nitrogens with one attached hydrogen (secondary N) is 1. The number of hydrogen-bond donors (Lipinski definition) is 1. The first-order valence-electron chi connectivity index (χ1n) is 6.25. The summed E-state index contributed by atoms with van der Waals surface area (Å²) in [7, 11) is 1.71. The van der Waals surface area contributed by atoms with Crippen molar-refractivity contribution in [2.75, 3.05) is 7.11 Å². The Morgan fingerprint density at radius 1 is 1.24 bits per heavy atom. The highest BCUT2D eigenvalue weighted by Crippen LogP contribution is 2.26. The molecule has 2 aromatic rings. The molecule has 0 spiro atoms. The minimum Gasteiger partial charge on any atom is -0.497 e. The number of fused-ring (bicyclic) bond motifs is 1. The number of H-pyrrole nitrogens is 1. The zero-order chi connectivity index (χ0) is 12.4. The Kier molecular flexibility index (Phi) is 3.41. The first-order valence-corrected chi connectivity index (χ1v) is 6.25. The van der Waals surface area contributed by atoms with E-state index < -0.39 is 0 Å². The predicted molar refractivity (Wildman–Crippen MR) is 72.6 cm³/mol. The van der Waals surface area contributed by atoms with Gasteiger partial charge in [-0.1, -0.05) is 20.8 Å². The van der Waals surface area contributed by atoms with E-state index in [4.69, 9.17) is 4.74 Å². The van der Waals surface area contributed by atoms with E-state index in [1.54, 1.807) is 7.11 Å². The number of aromatic amines is 1. The van der Waals surface area contributed by atoms with Crippen molar-refractivity contribution in [3.8, 4) is 5.75 Å². The van der Waals surface area contributed by atoms with Gasteiger partial charge < -0.3 is 9.72 Å². The van der Waals surface area contributed by atoms with Gasteiger partial charge >= 0.3 is 0 Å². The summed E-state index contributed by atoms with van der Waals surface area (Å²) in [4.78, 5) is 3.33. The molecule has 1 heterocycles. The average Bonchev–Trinajstić information content (AvgIpc) is 2.71. The largest absolute Gasteiger partial charge is 0.497 e. The van der Waals surface area contributed by atoms with Crippen LogP contribution in [0.4, 0.5) is 0 Å². The SMILES string of the molecule is COc1ccc2[nH]cc(CC(C)C(C)C)c2c1. The van der Waals surface area contributed by atoms with Gasteiger partial charge in [-0.2, -0.15) is 0 Å². The van der Waals surface area contributed by atoms with Gasteiger partial charge in [-0.25, -0.2) is 0 Å². The van der Waals surface area contributed by atoms with Crippen LogP contribution in [0, 0.1) is 11.8 Å². The molecule has 2 heteroatoms. The molecule has 0 aliphatic rings. The lowest BCUT2D eigenvalue weighted by molar-refractivity contribution is 0.414. The second-order valence-electron chi connectivity index (χ2n) is 5.15. The van der Waals surface area contributed by atoms with E-state index >= 15 is 0 Å². The van der Waals surface area contributed by atoms with Crippen molar-refractivity contribution in [3.63, 3.8) is 0 Å². The summed E-state index contributed by atoms with van der Waals surface area (Å²) in [6.07, 6.45) is 3.24. The van der Waals surface area contributed by atoms with Crippen molar-refractivity contribution in [1.82, 2.24) is 4.98 Å². The standard InChI is InChI=1S/C15H21NO/c1-10(2)11(3)7-12-9-16-15-6-5-13(17-4)8-14(12)15/h5-6,8-11,16H,7H2,1-4H3. The van der Waals surface area contributed by atoms with E-state index in [0.717, 1.165) is 12.2 Å². The molecule has 17 heavy (non-hydrogen) atoms. The second kappa shape index (κ2) is 4.82. The summed E-state index contributed by atoms with van der Waals surface area (Å²) >= 11 is 0. The number of hydrogen-bond acceptors (Lipinski definition) is 1. The van der Waals surface area contributed by atoms with Crippen molar-refractivity contribution in [1.29, 1.82) is 0 Å². The maximum absolute atomic E-state index is 5.29. The highest BCUT2D eigenvalue weighted by molar-refractivity contribution is 5.84. The molecular formula is C15H21NO. The Labute approximate surface area is 103 Å². The fourth-order valence-electron chi connectivity index (χ4n) is 2.04. The van der Waals surface area contributed by atoms with E-state index in [1.807, 2.05) is 6.07 Å². The molecule has 1 atom stereocenters. The fourth-order valence-corrected chi connectivity index (χ4v) is 2.04. The molecule has 0 fully saturated rings. The Hall–Kier alpha value is -1.44. The maximum Gasteiger partial charge on any atom is 0.119 e. The van der Waals surface area contributed by atoms with Gasteiger partial charge in [0.1, 0.15) is 5.75 Å². The molecule has 1 unspecified atom stereocenters. The Balaban J connectivity index is 2.34. The average molecular weight is 231 g/mol. The van der Waals surface area contributed by atoms with Crippen LogP contribution in [0.5, 0.6) is 5.75 Å². The summed E-state index contributed by atoms with van der Waals surface area (Å²) < 4.78 is 5.29. The lowest BCUT2D eigenvalue weighted by atomic mass is 9.91. The molecule has 0 radical (unpaired) electrons. The van der Waals surface area contributed by atoms with Gasteiger partial charge in [0.2, 0.25) is 0 Å². The molecule has 92 valence electrons. The maximum atomic E-state index is 5.29. The third-order valence-corrected chi connectivity index (χ3v) is 3.65. The van der Waals surface area contributed by atoms with Crippen LogP contribution in [0.25, 0.3) is 10.9 Å². The quantitative estimate of drug-likeness (QED) is 0.845. The topological polar surface area (TPSA) is 25.0 Å². The number of aromatic nitrogens is 1. The molecule has 2 nitrogen and oxygen atoms in total. The van der Waals surface area contributed by atoms with Crippen molar-refractivity contribution in [3.05, 3.63) is 30.0 Å². The number of rotatable bonds is 4. The van der Waals surface area contributed by atoms with Gasteiger partial charge in [-0.3, -0.25) is 0 Å². The van der Waals surface area contributed by atoms with Crippen LogP contribution in [0.15, 0.2) is 24.4 Å². The monoisotopic (exact) mass is 231 g/mol. The number of benzene rings is 1. The normalized spacial score (nSPS) is 13.2. The lowest BCUT2D eigenvalue weighted by Gasteiger charge is -2.14. The van der Waals surface area contributed by atoms with Gasteiger partial charge in [0, 0.05) is 17.1 Å². The number of ether oxygens (including phenoxy) is 1. The van der Waals surface area contributed by atoms with Crippen molar-refractivity contribution in [2.24, 2.45) is 11.8 Å². The van der Waals surface area contributed by atoms with Crippen LogP contribution >= 0.6 is 0 Å². The van der Waals surface area contributed by atoms with E-state index in [-0.39, 0.29) is 0 Å². The summed E-state index contributed by atoms with van der Waals surface area (Å²) in [5.41, 5.74) is 2.58. The van der Waals surface area contributed by atoms with Crippen LogP contribution in [0.1, 0.15) is 26.3 Å². The highest BCUT2D eigenvalue weighted by Gasteiger charge is 2.11. The van der Waals surface area contributed by atoms with Crippen LogP contribution in [0.3, 0.4) is 0 Å². The van der Waals surface area contributed by atoms with Crippen LogP contribution in [-0.2, 0) is 6.42 Å². The zero-order valence-corrected chi connectivity index (χ0v) is 11.1. The van der Waals surface area contributed by atoms with Crippen molar-refractivity contribution >= 4 is 10.9 Å². The zero-order valence-electron chi connectivity index (χ0n) is 11.1. The van der Waals surface area contributed by atoms with E-state index in [0.29, 0.717) is 11.8 Å². The minimum absolute atomic E-state index is 0.695. The third kappa shape index (κ3) is 2.46. The molecule has 0 saturated heterocycles. The molecule has 0 bridgehead atoms. The van der Waals surface area contributed by atoms with Crippen molar-refractivity contribution < 1.29 is 4.74 Å². The summed E-state index contributed by atoms with van der Waals surface area (Å²) in [5, 5.41) is 1.29. The first-order chi connectivity index (χ1) is 8.11. The van der Waals surface area contributed by atoms with Gasteiger partial charge in [0.05, 0.1) is 7.11 Å². The summed E-state index contributed by atoms with van der Waals surface area (Å²) in [6, 6.07) is 6.19. The minimum atomic E-state index is 0.695. The summed E-state index contributed by atoms with van der Waals surface area (Å²) in [5.74, 6) is 2.33. The molecule has 0 saturated carbocycles. The first kappa shape index (κ1) is 12.0. The predicted octanol–water partition coefficient (Wildman–Crippen LogP) is 4.01. The lowest BCUT2D eigenvalue weighted by Crippen LogP contribution is -2.06. The molecule has 0 amide bonds. The third-order valence-electron chi connectivity index (χ3n) is 3.65. The van der Waals surface area contributed by atoms with E-state index in [9.17, 15) is 0 Å². The Morgan fingerprint density at radius 3 is 2.65 bits per heavy atom. The smallest absolute Gasteiger partial charge is 0.119 e. The Morgan fingerprint density at radius 2 is 2.00 bits per heavy atom. The molecule has 0 aliphatic heterocycles. The van der Waals surface area contributed by atoms with Gasteiger partial charge in [0.25, 0.3) is 0 Å². The Bertz CT molecular complexity index is 499. The molecule has 1 aromatic heterocycles. The van der Waals surface area contributed by atoms with Crippen LogP contribution < -0.4 is 4.74 Å².